The third-order valence-electron chi connectivity index (χ3n) is 7.06. The molecule has 17 heteroatoms. The molecule has 46 heavy (non-hydrogen) atoms. The average Bonchev–Trinajstić information content (AvgIpc) is 3.50. The van der Waals surface area contributed by atoms with Gasteiger partial charge < -0.3 is 0 Å². The number of hydrogen-bond acceptors (Lipinski definition) is 6. The van der Waals surface area contributed by atoms with E-state index in [1.54, 1.807) is 18.2 Å². The molecule has 0 bridgehead atoms. The number of carbonyl (C=O) groups excluding carboxylic acids is 2. The van der Waals surface area contributed by atoms with Crippen molar-refractivity contribution in [1.29, 1.82) is 0 Å². The molecule has 0 atom stereocenters. The van der Waals surface area contributed by atoms with Gasteiger partial charge in [-0.1, -0.05) is 23.7 Å². The van der Waals surface area contributed by atoms with Gasteiger partial charge in [0.05, 0.1) is 39.2 Å². The molecule has 0 unspecified atom stereocenters. The molecule has 0 saturated carbocycles. The minimum Gasteiger partial charge on any atom is -0.268 e. The van der Waals surface area contributed by atoms with Crippen LogP contribution in [0.4, 0.5) is 31.1 Å². The fourth-order valence-corrected chi connectivity index (χ4v) is 6.83. The summed E-state index contributed by atoms with van der Waals surface area (Å²) >= 11 is 6.41. The number of likely N-dealkylation sites (N-methyl/N-ethyl adjacent to an activating group) is 1. The van der Waals surface area contributed by atoms with Crippen molar-refractivity contribution < 1.29 is 44.3 Å². The molecule has 1 saturated heterocycles. The van der Waals surface area contributed by atoms with Crippen LogP contribution in [0.1, 0.15) is 22.3 Å². The van der Waals surface area contributed by atoms with Crippen molar-refractivity contribution in [2.24, 2.45) is 0 Å². The van der Waals surface area contributed by atoms with E-state index >= 15 is 0 Å². The van der Waals surface area contributed by atoms with E-state index in [4.69, 9.17) is 11.6 Å². The first-order valence-corrected chi connectivity index (χ1v) is 15.8. The SMILES string of the molecule is CN(CCN1C(=O)S/C(=C\c2ccc3c(cnn3Cc3ccc(Cl)cc3C(F)(F)F)c2)C1=O)S(=O)(=O)c1ccc(C(F)(F)F)cc1. The molecule has 0 N–H and O–H groups in total. The molecule has 242 valence electrons. The molecule has 1 fully saturated rings. The van der Waals surface area contributed by atoms with Crippen molar-refractivity contribution in [2.75, 3.05) is 20.1 Å². The molecule has 3 aromatic carbocycles. The summed E-state index contributed by atoms with van der Waals surface area (Å²) in [6, 6.07) is 11.3. The van der Waals surface area contributed by atoms with Crippen LogP contribution in [-0.4, -0.2) is 58.7 Å². The molecule has 0 aliphatic carbocycles. The molecule has 4 aromatic rings. The van der Waals surface area contributed by atoms with Gasteiger partial charge in [0.25, 0.3) is 11.1 Å². The fraction of sp³-hybridized carbons (Fsp3) is 0.207. The number of rotatable bonds is 8. The number of alkyl halides is 6. The Hall–Kier alpha value is -3.86. The van der Waals surface area contributed by atoms with Crippen molar-refractivity contribution in [2.45, 2.75) is 23.8 Å². The molecule has 8 nitrogen and oxygen atoms in total. The maximum atomic E-state index is 13.5. The monoisotopic (exact) mass is 702 g/mol. The lowest BCUT2D eigenvalue weighted by atomic mass is 10.1. The van der Waals surface area contributed by atoms with E-state index in [9.17, 15) is 44.3 Å². The van der Waals surface area contributed by atoms with E-state index in [0.717, 1.165) is 27.4 Å². The molecule has 2 amide bonds. The van der Waals surface area contributed by atoms with E-state index in [1.807, 2.05) is 0 Å². The van der Waals surface area contributed by atoms with Crippen LogP contribution in [0.5, 0.6) is 0 Å². The van der Waals surface area contributed by atoms with Gasteiger partial charge in [-0.05, 0) is 77.5 Å². The first-order chi connectivity index (χ1) is 21.4. The van der Waals surface area contributed by atoms with Gasteiger partial charge in [0.1, 0.15) is 0 Å². The van der Waals surface area contributed by atoms with Crippen LogP contribution in [0.3, 0.4) is 0 Å². The number of aromatic nitrogens is 2. The lowest BCUT2D eigenvalue weighted by molar-refractivity contribution is -0.138. The number of imide groups is 1. The van der Waals surface area contributed by atoms with E-state index in [1.165, 1.54) is 36.1 Å². The zero-order valence-electron chi connectivity index (χ0n) is 23.4. The zero-order chi connectivity index (χ0) is 33.6. The number of hydrogen-bond donors (Lipinski definition) is 0. The molecular formula is C29H21ClF6N4O4S2. The van der Waals surface area contributed by atoms with Gasteiger partial charge in [-0.25, -0.2) is 8.42 Å². The summed E-state index contributed by atoms with van der Waals surface area (Å²) in [6.07, 6.45) is -6.35. The molecular weight excluding hydrogens is 682 g/mol. The number of nitrogens with zero attached hydrogens (tertiary/aromatic N) is 4. The summed E-state index contributed by atoms with van der Waals surface area (Å²) in [5.74, 6) is -0.673. The summed E-state index contributed by atoms with van der Waals surface area (Å²) in [4.78, 5) is 26.2. The Balaban J connectivity index is 1.28. The number of amides is 2. The topological polar surface area (TPSA) is 92.6 Å². The van der Waals surface area contributed by atoms with Crippen LogP contribution in [0, 0.1) is 0 Å². The maximum Gasteiger partial charge on any atom is 0.416 e. The largest absolute Gasteiger partial charge is 0.416 e. The lowest BCUT2D eigenvalue weighted by Crippen LogP contribution is -2.38. The summed E-state index contributed by atoms with van der Waals surface area (Å²) in [7, 11) is -3.04. The van der Waals surface area contributed by atoms with Crippen LogP contribution < -0.4 is 0 Å². The second kappa shape index (κ2) is 12.4. The number of sulfonamides is 1. The van der Waals surface area contributed by atoms with Crippen molar-refractivity contribution >= 4 is 61.5 Å². The highest BCUT2D eigenvalue weighted by atomic mass is 35.5. The third-order valence-corrected chi connectivity index (χ3v) is 10.1. The van der Waals surface area contributed by atoms with Gasteiger partial charge in [-0.3, -0.25) is 19.2 Å². The highest BCUT2D eigenvalue weighted by molar-refractivity contribution is 8.18. The molecule has 5 rings (SSSR count). The Kier molecular flexibility index (Phi) is 9.02. The normalized spacial score (nSPS) is 15.6. The van der Waals surface area contributed by atoms with Crippen LogP contribution in [-0.2, 0) is 33.7 Å². The Bertz CT molecular complexity index is 1980. The van der Waals surface area contributed by atoms with Crippen LogP contribution in [0.2, 0.25) is 5.02 Å². The van der Waals surface area contributed by atoms with Crippen LogP contribution in [0.25, 0.3) is 17.0 Å². The summed E-state index contributed by atoms with van der Waals surface area (Å²) in [5.41, 5.74) is -0.895. The quantitative estimate of drug-likeness (QED) is 0.143. The highest BCUT2D eigenvalue weighted by Crippen LogP contribution is 2.36. The third kappa shape index (κ3) is 6.94. The Morgan fingerprint density at radius 2 is 1.65 bits per heavy atom. The van der Waals surface area contributed by atoms with E-state index in [2.05, 4.69) is 5.10 Å². The first kappa shape index (κ1) is 33.5. The van der Waals surface area contributed by atoms with Gasteiger partial charge in [-0.15, -0.1) is 0 Å². The van der Waals surface area contributed by atoms with Crippen molar-refractivity contribution in [3.8, 4) is 0 Å². The van der Waals surface area contributed by atoms with E-state index < -0.39 is 44.6 Å². The van der Waals surface area contributed by atoms with Crippen molar-refractivity contribution in [3.05, 3.63) is 99.0 Å². The Labute approximate surface area is 267 Å². The molecule has 0 spiro atoms. The fourth-order valence-electron chi connectivity index (χ4n) is 4.63. The Morgan fingerprint density at radius 3 is 2.30 bits per heavy atom. The highest BCUT2D eigenvalue weighted by Gasteiger charge is 2.36. The number of benzene rings is 3. The average molecular weight is 703 g/mol. The molecule has 2 heterocycles. The molecule has 1 aliphatic heterocycles. The number of fused-ring (bicyclic) bond motifs is 1. The summed E-state index contributed by atoms with van der Waals surface area (Å²) in [6.45, 7) is -0.810. The minimum absolute atomic E-state index is 0.0301. The van der Waals surface area contributed by atoms with Crippen LogP contribution >= 0.6 is 23.4 Å². The van der Waals surface area contributed by atoms with E-state index in [0.29, 0.717) is 40.4 Å². The lowest BCUT2D eigenvalue weighted by Gasteiger charge is -2.20. The number of halogens is 7. The Morgan fingerprint density at radius 1 is 0.957 bits per heavy atom. The second-order valence-electron chi connectivity index (χ2n) is 10.1. The standard InChI is InChI=1S/C29H21ClF6N4O4S2/c1-38(46(43,44)22-7-4-20(5-8-22)28(31,32)33)10-11-39-26(41)25(45-27(39)42)13-17-2-9-24-19(12-17)15-37-40(24)16-18-3-6-21(30)14-23(18)29(34,35)36/h2-9,12-15H,10-11,16H2,1H3/b25-13-. The van der Waals surface area contributed by atoms with Crippen molar-refractivity contribution in [3.63, 3.8) is 0 Å². The van der Waals surface area contributed by atoms with Crippen molar-refractivity contribution in [1.82, 2.24) is 19.0 Å². The van der Waals surface area contributed by atoms with Gasteiger partial charge in [0.2, 0.25) is 10.0 Å². The predicted molar refractivity (Wildman–Crippen MR) is 159 cm³/mol. The second-order valence-corrected chi connectivity index (χ2v) is 13.6. The van der Waals surface area contributed by atoms with Gasteiger partial charge in [0, 0.05) is 30.5 Å². The summed E-state index contributed by atoms with van der Waals surface area (Å²) in [5, 5.41) is 4.07. The van der Waals surface area contributed by atoms with E-state index in [-0.39, 0.29) is 40.0 Å². The molecule has 1 aliphatic rings. The van der Waals surface area contributed by atoms with Gasteiger partial charge >= 0.3 is 12.4 Å². The number of thioether (sulfide) groups is 1. The molecule has 1 aromatic heterocycles. The number of carbonyl (C=O) groups is 2. The smallest absolute Gasteiger partial charge is 0.268 e. The molecule has 0 radical (unpaired) electrons. The predicted octanol–water partition coefficient (Wildman–Crippen LogP) is 7.13. The van der Waals surface area contributed by atoms with Gasteiger partial charge in [0.15, 0.2) is 0 Å². The maximum absolute atomic E-state index is 13.5. The first-order valence-electron chi connectivity index (χ1n) is 13.2. The van der Waals surface area contributed by atoms with Gasteiger partial charge in [-0.2, -0.15) is 35.7 Å². The summed E-state index contributed by atoms with van der Waals surface area (Å²) < 4.78 is 107. The van der Waals surface area contributed by atoms with Crippen LogP contribution in [0.15, 0.2) is 76.7 Å². The minimum atomic E-state index is -4.64. The zero-order valence-corrected chi connectivity index (χ0v) is 25.8.